The number of carbonyl (C=O) groups excluding carboxylic acids is 1. The Morgan fingerprint density at radius 3 is 2.71 bits per heavy atom. The summed E-state index contributed by atoms with van der Waals surface area (Å²) in [5.41, 5.74) is 0.789. The summed E-state index contributed by atoms with van der Waals surface area (Å²) in [6, 6.07) is 3.79. The molecule has 1 aliphatic rings. The van der Waals surface area contributed by atoms with Crippen LogP contribution >= 0.6 is 11.8 Å². The van der Waals surface area contributed by atoms with Gasteiger partial charge in [-0.2, -0.15) is 11.8 Å². The second kappa shape index (κ2) is 4.09. The van der Waals surface area contributed by atoms with Gasteiger partial charge in [-0.25, -0.2) is 0 Å². The predicted molar refractivity (Wildman–Crippen MR) is 58.6 cm³/mol. The van der Waals surface area contributed by atoms with Crippen LogP contribution in [0.2, 0.25) is 0 Å². The summed E-state index contributed by atoms with van der Waals surface area (Å²) in [6.07, 6.45) is 1.91. The van der Waals surface area contributed by atoms with Crippen LogP contribution in [-0.4, -0.2) is 40.0 Å². The number of nitrogens with zero attached hydrogens (tertiary/aromatic N) is 2. The average Bonchev–Trinajstić information content (AvgIpc) is 2.65. The van der Waals surface area contributed by atoms with E-state index in [4.69, 9.17) is 0 Å². The Morgan fingerprint density at radius 1 is 1.43 bits per heavy atom. The van der Waals surface area contributed by atoms with Crippen LogP contribution in [0.15, 0.2) is 18.3 Å². The van der Waals surface area contributed by atoms with Crippen molar-refractivity contribution in [2.75, 3.05) is 24.6 Å². The number of hydrogen-bond donors (Lipinski definition) is 0. The molecule has 0 aromatic carbocycles. The molecule has 1 aromatic heterocycles. The molecule has 76 valence electrons. The Balaban J connectivity index is 2.11. The van der Waals surface area contributed by atoms with Crippen LogP contribution in [0, 0.1) is 0 Å². The van der Waals surface area contributed by atoms with E-state index in [-0.39, 0.29) is 5.91 Å². The van der Waals surface area contributed by atoms with Crippen LogP contribution < -0.4 is 0 Å². The molecule has 0 spiro atoms. The Kier molecular flexibility index (Phi) is 2.82. The van der Waals surface area contributed by atoms with E-state index < -0.39 is 0 Å². The first kappa shape index (κ1) is 9.65. The Morgan fingerprint density at radius 2 is 2.14 bits per heavy atom. The van der Waals surface area contributed by atoms with Crippen LogP contribution in [0.3, 0.4) is 0 Å². The highest BCUT2D eigenvalue weighted by Gasteiger charge is 2.19. The number of thioether (sulfide) groups is 1. The SMILES string of the molecule is Cn1cccc1C(=O)N1CCSCC1. The number of carbonyl (C=O) groups is 1. The monoisotopic (exact) mass is 210 g/mol. The van der Waals surface area contributed by atoms with E-state index in [2.05, 4.69) is 0 Å². The van der Waals surface area contributed by atoms with Crippen molar-refractivity contribution in [3.63, 3.8) is 0 Å². The van der Waals surface area contributed by atoms with Crippen LogP contribution in [-0.2, 0) is 7.05 Å². The normalized spacial score (nSPS) is 17.1. The van der Waals surface area contributed by atoms with Crippen molar-refractivity contribution in [2.45, 2.75) is 0 Å². The number of aromatic nitrogens is 1. The standard InChI is InChI=1S/C10H14N2OS/c1-11-4-2-3-9(11)10(13)12-5-7-14-8-6-12/h2-4H,5-8H2,1H3. The summed E-state index contributed by atoms with van der Waals surface area (Å²) in [5, 5.41) is 0. The van der Waals surface area contributed by atoms with Crippen LogP contribution in [0.4, 0.5) is 0 Å². The van der Waals surface area contributed by atoms with Gasteiger partial charge in [-0.1, -0.05) is 0 Å². The zero-order valence-corrected chi connectivity index (χ0v) is 9.09. The maximum Gasteiger partial charge on any atom is 0.270 e. The molecule has 0 saturated carbocycles. The maximum absolute atomic E-state index is 12.0. The molecule has 0 bridgehead atoms. The molecule has 3 nitrogen and oxygen atoms in total. The molecule has 2 rings (SSSR count). The van der Waals surface area contributed by atoms with Crippen molar-refractivity contribution in [2.24, 2.45) is 7.05 Å². The van der Waals surface area contributed by atoms with Crippen molar-refractivity contribution in [3.8, 4) is 0 Å². The summed E-state index contributed by atoms with van der Waals surface area (Å²) in [6.45, 7) is 1.77. The third-order valence-corrected chi connectivity index (χ3v) is 3.40. The number of aryl methyl sites for hydroxylation is 1. The highest BCUT2D eigenvalue weighted by atomic mass is 32.2. The zero-order chi connectivity index (χ0) is 9.97. The minimum Gasteiger partial charge on any atom is -0.347 e. The van der Waals surface area contributed by atoms with Gasteiger partial charge in [0, 0.05) is 37.8 Å². The van der Waals surface area contributed by atoms with Gasteiger partial charge < -0.3 is 9.47 Å². The first-order valence-electron chi connectivity index (χ1n) is 4.77. The third-order valence-electron chi connectivity index (χ3n) is 2.46. The van der Waals surface area contributed by atoms with Gasteiger partial charge in [0.1, 0.15) is 5.69 Å². The fraction of sp³-hybridized carbons (Fsp3) is 0.500. The van der Waals surface area contributed by atoms with Crippen molar-refractivity contribution in [1.29, 1.82) is 0 Å². The molecule has 1 fully saturated rings. The van der Waals surface area contributed by atoms with E-state index in [0.29, 0.717) is 0 Å². The lowest BCUT2D eigenvalue weighted by molar-refractivity contribution is 0.0763. The lowest BCUT2D eigenvalue weighted by Crippen LogP contribution is -2.38. The third kappa shape index (κ3) is 1.80. The minimum atomic E-state index is 0.165. The van der Waals surface area contributed by atoms with Crippen LogP contribution in [0.25, 0.3) is 0 Å². The topological polar surface area (TPSA) is 25.2 Å². The van der Waals surface area contributed by atoms with Gasteiger partial charge >= 0.3 is 0 Å². The predicted octanol–water partition coefficient (Wildman–Crippen LogP) is 1.21. The van der Waals surface area contributed by atoms with E-state index in [0.717, 1.165) is 30.3 Å². The number of rotatable bonds is 1. The molecule has 4 heteroatoms. The smallest absolute Gasteiger partial charge is 0.270 e. The second-order valence-electron chi connectivity index (χ2n) is 3.41. The van der Waals surface area contributed by atoms with Gasteiger partial charge in [0.15, 0.2) is 0 Å². The van der Waals surface area contributed by atoms with E-state index in [9.17, 15) is 4.79 Å². The Bertz CT molecular complexity index is 329. The fourth-order valence-corrected chi connectivity index (χ4v) is 2.51. The summed E-state index contributed by atoms with van der Waals surface area (Å²) < 4.78 is 1.88. The molecule has 1 aromatic rings. The second-order valence-corrected chi connectivity index (χ2v) is 4.63. The Labute approximate surface area is 88.1 Å². The summed E-state index contributed by atoms with van der Waals surface area (Å²) >= 11 is 1.92. The maximum atomic E-state index is 12.0. The number of amides is 1. The van der Waals surface area contributed by atoms with Crippen molar-refractivity contribution >= 4 is 17.7 Å². The molecule has 1 amide bonds. The highest BCUT2D eigenvalue weighted by Crippen LogP contribution is 2.12. The van der Waals surface area contributed by atoms with Gasteiger partial charge in [0.05, 0.1) is 0 Å². The Hall–Kier alpha value is -0.900. The van der Waals surface area contributed by atoms with Crippen LogP contribution in [0.5, 0.6) is 0 Å². The summed E-state index contributed by atoms with van der Waals surface area (Å²) in [7, 11) is 1.91. The van der Waals surface area contributed by atoms with Gasteiger partial charge in [0.2, 0.25) is 0 Å². The molecule has 1 aliphatic heterocycles. The van der Waals surface area contributed by atoms with Crippen molar-refractivity contribution in [1.82, 2.24) is 9.47 Å². The quantitative estimate of drug-likeness (QED) is 0.696. The molecular formula is C10H14N2OS. The lowest BCUT2D eigenvalue weighted by Gasteiger charge is -2.26. The summed E-state index contributed by atoms with van der Waals surface area (Å²) in [4.78, 5) is 13.9. The lowest BCUT2D eigenvalue weighted by atomic mass is 10.3. The van der Waals surface area contributed by atoms with E-state index >= 15 is 0 Å². The van der Waals surface area contributed by atoms with Gasteiger partial charge in [-0.05, 0) is 12.1 Å². The largest absolute Gasteiger partial charge is 0.347 e. The number of hydrogen-bond acceptors (Lipinski definition) is 2. The molecule has 0 radical (unpaired) electrons. The van der Waals surface area contributed by atoms with E-state index in [1.54, 1.807) is 0 Å². The first-order valence-corrected chi connectivity index (χ1v) is 5.93. The molecule has 0 atom stereocenters. The molecular weight excluding hydrogens is 196 g/mol. The molecule has 14 heavy (non-hydrogen) atoms. The van der Waals surface area contributed by atoms with E-state index in [1.807, 2.05) is 46.6 Å². The van der Waals surface area contributed by atoms with Crippen molar-refractivity contribution < 1.29 is 4.79 Å². The van der Waals surface area contributed by atoms with Crippen molar-refractivity contribution in [3.05, 3.63) is 24.0 Å². The molecule has 1 saturated heterocycles. The summed E-state index contributed by atoms with van der Waals surface area (Å²) in [5.74, 6) is 2.30. The molecule has 0 N–H and O–H groups in total. The van der Waals surface area contributed by atoms with Gasteiger partial charge in [-0.3, -0.25) is 4.79 Å². The average molecular weight is 210 g/mol. The fourth-order valence-electron chi connectivity index (χ4n) is 1.61. The molecule has 0 unspecified atom stereocenters. The highest BCUT2D eigenvalue weighted by molar-refractivity contribution is 7.99. The molecule has 2 heterocycles. The van der Waals surface area contributed by atoms with Gasteiger partial charge in [0.25, 0.3) is 5.91 Å². The molecule has 0 aliphatic carbocycles. The zero-order valence-electron chi connectivity index (χ0n) is 8.27. The minimum absolute atomic E-state index is 0.165. The van der Waals surface area contributed by atoms with E-state index in [1.165, 1.54) is 0 Å². The first-order chi connectivity index (χ1) is 6.79. The van der Waals surface area contributed by atoms with Crippen LogP contribution in [0.1, 0.15) is 10.5 Å². The van der Waals surface area contributed by atoms with Gasteiger partial charge in [-0.15, -0.1) is 0 Å².